The molecule has 5 rings (SSSR count). The highest BCUT2D eigenvalue weighted by atomic mass is 35.5. The lowest BCUT2D eigenvalue weighted by atomic mass is 9.73. The Morgan fingerprint density at radius 3 is 2.78 bits per heavy atom. The average Bonchev–Trinajstić information content (AvgIpc) is 3.24. The summed E-state index contributed by atoms with van der Waals surface area (Å²) in [5.41, 5.74) is 1.41. The number of carboxylic acid groups (broad SMARTS) is 1. The maximum Gasteiger partial charge on any atom is 0.326 e. The van der Waals surface area contributed by atoms with Crippen molar-refractivity contribution in [2.24, 2.45) is 11.8 Å². The van der Waals surface area contributed by atoms with E-state index in [0.717, 1.165) is 23.9 Å². The topological polar surface area (TPSA) is 71.2 Å². The Balaban J connectivity index is 1.73. The van der Waals surface area contributed by atoms with Crippen LogP contribution in [-0.2, 0) is 4.79 Å². The number of aliphatic carboxylic acids is 1. The minimum Gasteiger partial charge on any atom is -0.480 e. The molecule has 0 bridgehead atoms. The second-order valence-corrected chi connectivity index (χ2v) is 7.95. The van der Waals surface area contributed by atoms with Gasteiger partial charge in [-0.15, -0.1) is 0 Å². The Bertz CT molecular complexity index is 1050. The van der Waals surface area contributed by atoms with Crippen molar-refractivity contribution in [3.8, 4) is 5.69 Å². The van der Waals surface area contributed by atoms with Crippen molar-refractivity contribution in [2.75, 3.05) is 11.4 Å². The van der Waals surface area contributed by atoms with Crippen LogP contribution >= 0.6 is 23.2 Å². The fraction of sp³-hybridized carbons (Fsp3) is 0.316. The Morgan fingerprint density at radius 2 is 2.11 bits per heavy atom. The van der Waals surface area contributed by atoms with Crippen molar-refractivity contribution < 1.29 is 9.90 Å². The van der Waals surface area contributed by atoms with Gasteiger partial charge in [0.25, 0.3) is 0 Å². The van der Waals surface area contributed by atoms with Crippen LogP contribution in [0.3, 0.4) is 0 Å². The Labute approximate surface area is 165 Å². The van der Waals surface area contributed by atoms with E-state index in [1.807, 2.05) is 27.8 Å². The second kappa shape index (κ2) is 6.11. The number of nitrogens with zero attached hydrogens (tertiary/aromatic N) is 4. The van der Waals surface area contributed by atoms with Gasteiger partial charge in [0.1, 0.15) is 11.9 Å². The fourth-order valence-electron chi connectivity index (χ4n) is 4.35. The first-order valence-electron chi connectivity index (χ1n) is 8.81. The summed E-state index contributed by atoms with van der Waals surface area (Å²) in [4.78, 5) is 22.7. The van der Waals surface area contributed by atoms with E-state index >= 15 is 0 Å². The fourth-order valence-corrected chi connectivity index (χ4v) is 4.71. The number of hydrogen-bond acceptors (Lipinski definition) is 4. The number of hydrogen-bond donors (Lipinski definition) is 1. The van der Waals surface area contributed by atoms with E-state index in [1.54, 1.807) is 18.6 Å². The molecule has 1 aromatic carbocycles. The van der Waals surface area contributed by atoms with Gasteiger partial charge in [-0.3, -0.25) is 0 Å². The van der Waals surface area contributed by atoms with E-state index in [2.05, 4.69) is 4.98 Å². The van der Waals surface area contributed by atoms with Gasteiger partial charge in [-0.1, -0.05) is 23.2 Å². The molecule has 3 aromatic rings. The quantitative estimate of drug-likeness (QED) is 0.715. The van der Waals surface area contributed by atoms with Crippen molar-refractivity contribution in [3.05, 3.63) is 47.0 Å². The molecule has 8 heteroatoms. The number of fused-ring (bicyclic) bond motifs is 2. The van der Waals surface area contributed by atoms with Crippen molar-refractivity contribution in [3.63, 3.8) is 0 Å². The first-order chi connectivity index (χ1) is 13.0. The van der Waals surface area contributed by atoms with Crippen LogP contribution in [0.15, 0.2) is 36.9 Å². The molecule has 1 unspecified atom stereocenters. The minimum atomic E-state index is -0.800. The van der Waals surface area contributed by atoms with Gasteiger partial charge in [-0.05, 0) is 36.8 Å². The number of benzene rings is 1. The summed E-state index contributed by atoms with van der Waals surface area (Å²) in [6, 6.07) is 4.97. The smallest absolute Gasteiger partial charge is 0.326 e. The number of anilines is 1. The number of imidazole rings is 1. The highest BCUT2D eigenvalue weighted by Gasteiger charge is 2.51. The third-order valence-electron chi connectivity index (χ3n) is 5.82. The first-order valence-corrected chi connectivity index (χ1v) is 9.56. The van der Waals surface area contributed by atoms with Crippen molar-refractivity contribution >= 4 is 45.9 Å². The molecular formula is C19H16Cl2N4O2. The van der Waals surface area contributed by atoms with E-state index in [-0.39, 0.29) is 5.92 Å². The molecule has 138 valence electrons. The zero-order chi connectivity index (χ0) is 18.7. The SMILES string of the molecule is O=C(O)[C@@H]1[C@@H]2CCC2CN1c1cc(-n2ccnc2)c2ccc(Cl)c(Cl)c2n1. The molecule has 3 atom stereocenters. The number of aromatic nitrogens is 3. The molecular weight excluding hydrogens is 387 g/mol. The normalized spacial score (nSPS) is 24.1. The molecule has 2 aromatic heterocycles. The summed E-state index contributed by atoms with van der Waals surface area (Å²) in [5.74, 6) is 0.407. The Hall–Kier alpha value is -2.31. The molecule has 3 heterocycles. The summed E-state index contributed by atoms with van der Waals surface area (Å²) in [6.45, 7) is 0.696. The minimum absolute atomic E-state index is 0.187. The molecule has 27 heavy (non-hydrogen) atoms. The van der Waals surface area contributed by atoms with Gasteiger partial charge in [-0.2, -0.15) is 0 Å². The summed E-state index contributed by atoms with van der Waals surface area (Å²) < 4.78 is 1.87. The average molecular weight is 403 g/mol. The third kappa shape index (κ3) is 2.51. The molecule has 1 N–H and O–H groups in total. The number of halogens is 2. The number of rotatable bonds is 3. The van der Waals surface area contributed by atoms with Crippen LogP contribution in [0, 0.1) is 11.8 Å². The Morgan fingerprint density at radius 1 is 1.26 bits per heavy atom. The third-order valence-corrected chi connectivity index (χ3v) is 6.61. The molecule has 0 amide bonds. The molecule has 2 aliphatic rings. The summed E-state index contributed by atoms with van der Waals surface area (Å²) in [7, 11) is 0. The monoisotopic (exact) mass is 402 g/mol. The number of carbonyl (C=O) groups is 1. The number of carboxylic acids is 1. The first kappa shape index (κ1) is 16.8. The van der Waals surface area contributed by atoms with Crippen LogP contribution in [0.2, 0.25) is 10.0 Å². The van der Waals surface area contributed by atoms with Crippen molar-refractivity contribution in [1.82, 2.24) is 14.5 Å². The zero-order valence-corrected chi connectivity index (χ0v) is 15.7. The maximum atomic E-state index is 11.9. The van der Waals surface area contributed by atoms with Gasteiger partial charge >= 0.3 is 5.97 Å². The van der Waals surface area contributed by atoms with Crippen LogP contribution in [0.5, 0.6) is 0 Å². The standard InChI is InChI=1S/C19H16Cl2N4O2/c20-13-4-3-12-14(24-6-5-22-9-24)7-15(23-17(12)16(13)21)25-8-10-1-2-11(10)18(25)19(26)27/h3-7,9-11,18H,1-2,8H2,(H,26,27)/t10?,11-,18+/m1/s1. The van der Waals surface area contributed by atoms with Gasteiger partial charge < -0.3 is 14.6 Å². The highest BCUT2D eigenvalue weighted by molar-refractivity contribution is 6.45. The largest absolute Gasteiger partial charge is 0.480 e. The summed E-state index contributed by atoms with van der Waals surface area (Å²) >= 11 is 12.7. The van der Waals surface area contributed by atoms with Crippen molar-refractivity contribution in [2.45, 2.75) is 18.9 Å². The molecule has 1 saturated carbocycles. The van der Waals surface area contributed by atoms with E-state index in [1.165, 1.54) is 0 Å². The molecule has 6 nitrogen and oxygen atoms in total. The molecule has 1 saturated heterocycles. The van der Waals surface area contributed by atoms with Gasteiger partial charge in [0.2, 0.25) is 0 Å². The lowest BCUT2D eigenvalue weighted by molar-refractivity contribution is -0.140. The lowest BCUT2D eigenvalue weighted by Gasteiger charge is -2.31. The maximum absolute atomic E-state index is 11.9. The van der Waals surface area contributed by atoms with Gasteiger partial charge in [0.15, 0.2) is 0 Å². The van der Waals surface area contributed by atoms with Gasteiger partial charge in [0.05, 0.1) is 27.6 Å². The predicted molar refractivity (Wildman–Crippen MR) is 104 cm³/mol. The molecule has 1 aliphatic heterocycles. The van der Waals surface area contributed by atoms with E-state index in [0.29, 0.717) is 33.8 Å². The molecule has 0 radical (unpaired) electrons. The summed E-state index contributed by atoms with van der Waals surface area (Å²) in [6.07, 6.45) is 7.25. The zero-order valence-electron chi connectivity index (χ0n) is 14.2. The summed E-state index contributed by atoms with van der Waals surface area (Å²) in [5, 5.41) is 11.4. The van der Waals surface area contributed by atoms with E-state index in [9.17, 15) is 9.90 Å². The van der Waals surface area contributed by atoms with Crippen LogP contribution < -0.4 is 4.90 Å². The van der Waals surface area contributed by atoms with Crippen LogP contribution in [0.4, 0.5) is 5.82 Å². The molecule has 2 fully saturated rings. The molecule has 0 spiro atoms. The van der Waals surface area contributed by atoms with Gasteiger partial charge in [-0.25, -0.2) is 14.8 Å². The van der Waals surface area contributed by atoms with Crippen LogP contribution in [-0.4, -0.2) is 38.2 Å². The van der Waals surface area contributed by atoms with Crippen LogP contribution in [0.1, 0.15) is 12.8 Å². The highest BCUT2D eigenvalue weighted by Crippen LogP contribution is 2.47. The van der Waals surface area contributed by atoms with Crippen LogP contribution in [0.25, 0.3) is 16.6 Å². The Kier molecular flexibility index (Phi) is 3.81. The number of pyridine rings is 1. The van der Waals surface area contributed by atoms with E-state index < -0.39 is 12.0 Å². The lowest BCUT2D eigenvalue weighted by Crippen LogP contribution is -2.41. The predicted octanol–water partition coefficient (Wildman–Crippen LogP) is 4.03. The van der Waals surface area contributed by atoms with E-state index in [4.69, 9.17) is 28.2 Å². The second-order valence-electron chi connectivity index (χ2n) is 7.16. The molecule has 1 aliphatic carbocycles. The van der Waals surface area contributed by atoms with Gasteiger partial charge in [0, 0.05) is 30.4 Å². The van der Waals surface area contributed by atoms with Crippen molar-refractivity contribution in [1.29, 1.82) is 0 Å².